The van der Waals surface area contributed by atoms with Crippen LogP contribution in [0.3, 0.4) is 0 Å². The standard InChI is InChI=1S/C14H17Cl2N3/c1-19-9-13(17-18-19)8-14(10-15,11-16)7-12-5-3-2-4-6-12/h2-6,9H,7-8,10-11H2,1H3. The van der Waals surface area contributed by atoms with Gasteiger partial charge in [0.1, 0.15) is 0 Å². The van der Waals surface area contributed by atoms with Crippen molar-refractivity contribution >= 4 is 23.2 Å². The van der Waals surface area contributed by atoms with Crippen LogP contribution in [0.25, 0.3) is 0 Å². The highest BCUT2D eigenvalue weighted by molar-refractivity contribution is 6.21. The summed E-state index contributed by atoms with van der Waals surface area (Å²) in [4.78, 5) is 0. The second-order valence-corrected chi connectivity index (χ2v) is 5.52. The van der Waals surface area contributed by atoms with E-state index in [4.69, 9.17) is 23.2 Å². The van der Waals surface area contributed by atoms with E-state index in [1.54, 1.807) is 4.68 Å². The van der Waals surface area contributed by atoms with Gasteiger partial charge < -0.3 is 0 Å². The molecule has 0 aliphatic heterocycles. The number of alkyl halides is 2. The van der Waals surface area contributed by atoms with Crippen LogP contribution >= 0.6 is 23.2 Å². The molecule has 0 atom stereocenters. The van der Waals surface area contributed by atoms with Crippen LogP contribution in [0.5, 0.6) is 0 Å². The van der Waals surface area contributed by atoms with E-state index in [1.807, 2.05) is 31.4 Å². The average Bonchev–Trinajstić information content (AvgIpc) is 2.84. The van der Waals surface area contributed by atoms with Crippen molar-refractivity contribution in [1.29, 1.82) is 0 Å². The summed E-state index contributed by atoms with van der Waals surface area (Å²) >= 11 is 12.4. The molecule has 5 heteroatoms. The summed E-state index contributed by atoms with van der Waals surface area (Å²) in [6.45, 7) is 0. The molecule has 0 spiro atoms. The Bertz CT molecular complexity index is 506. The van der Waals surface area contributed by atoms with Crippen LogP contribution < -0.4 is 0 Å². The zero-order valence-corrected chi connectivity index (χ0v) is 12.4. The van der Waals surface area contributed by atoms with Crippen LogP contribution in [-0.2, 0) is 19.9 Å². The molecule has 0 N–H and O–H groups in total. The van der Waals surface area contributed by atoms with Gasteiger partial charge in [0.2, 0.25) is 0 Å². The fourth-order valence-electron chi connectivity index (χ4n) is 2.18. The van der Waals surface area contributed by atoms with Gasteiger partial charge in [-0.25, -0.2) is 0 Å². The molecule has 1 aromatic carbocycles. The molecular weight excluding hydrogens is 281 g/mol. The molecule has 0 saturated carbocycles. The quantitative estimate of drug-likeness (QED) is 0.767. The molecule has 0 bridgehead atoms. The van der Waals surface area contributed by atoms with Gasteiger partial charge in [-0.1, -0.05) is 35.5 Å². The van der Waals surface area contributed by atoms with Crippen LogP contribution in [0, 0.1) is 5.41 Å². The van der Waals surface area contributed by atoms with Crippen molar-refractivity contribution in [2.24, 2.45) is 12.5 Å². The molecule has 2 aromatic rings. The first-order valence-corrected chi connectivity index (χ1v) is 7.25. The Morgan fingerprint density at radius 1 is 1.11 bits per heavy atom. The molecule has 0 aliphatic rings. The minimum Gasteiger partial charge on any atom is -0.255 e. The van der Waals surface area contributed by atoms with Crippen molar-refractivity contribution in [3.8, 4) is 0 Å². The third kappa shape index (κ3) is 3.71. The van der Waals surface area contributed by atoms with Gasteiger partial charge in [-0.3, -0.25) is 4.68 Å². The monoisotopic (exact) mass is 297 g/mol. The highest BCUT2D eigenvalue weighted by Crippen LogP contribution is 2.30. The number of hydrogen-bond acceptors (Lipinski definition) is 2. The van der Waals surface area contributed by atoms with Crippen molar-refractivity contribution < 1.29 is 0 Å². The summed E-state index contributed by atoms with van der Waals surface area (Å²) in [7, 11) is 1.86. The van der Waals surface area contributed by atoms with Gasteiger partial charge in [0.25, 0.3) is 0 Å². The smallest absolute Gasteiger partial charge is 0.0833 e. The summed E-state index contributed by atoms with van der Waals surface area (Å²) in [5.41, 5.74) is 1.99. The van der Waals surface area contributed by atoms with Gasteiger partial charge in [0.15, 0.2) is 0 Å². The first-order chi connectivity index (χ1) is 9.17. The topological polar surface area (TPSA) is 30.7 Å². The second-order valence-electron chi connectivity index (χ2n) is 4.99. The molecule has 0 aliphatic carbocycles. The minimum atomic E-state index is -0.180. The van der Waals surface area contributed by atoms with E-state index in [2.05, 4.69) is 22.4 Å². The Labute approximate surface area is 123 Å². The molecule has 102 valence electrons. The lowest BCUT2D eigenvalue weighted by Gasteiger charge is -2.28. The van der Waals surface area contributed by atoms with E-state index < -0.39 is 0 Å². The largest absolute Gasteiger partial charge is 0.255 e. The minimum absolute atomic E-state index is 0.180. The van der Waals surface area contributed by atoms with E-state index in [0.717, 1.165) is 18.5 Å². The fraction of sp³-hybridized carbons (Fsp3) is 0.429. The summed E-state index contributed by atoms with van der Waals surface area (Å²) < 4.78 is 1.70. The number of hydrogen-bond donors (Lipinski definition) is 0. The van der Waals surface area contributed by atoms with Crippen LogP contribution in [-0.4, -0.2) is 26.8 Å². The first kappa shape index (κ1) is 14.4. The van der Waals surface area contributed by atoms with Crippen molar-refractivity contribution in [1.82, 2.24) is 15.0 Å². The molecule has 0 amide bonds. The van der Waals surface area contributed by atoms with E-state index >= 15 is 0 Å². The Morgan fingerprint density at radius 3 is 2.32 bits per heavy atom. The fourth-order valence-corrected chi connectivity index (χ4v) is 2.84. The highest BCUT2D eigenvalue weighted by atomic mass is 35.5. The molecule has 0 fully saturated rings. The number of halogens is 2. The lowest BCUT2D eigenvalue weighted by Crippen LogP contribution is -2.31. The molecule has 2 rings (SSSR count). The van der Waals surface area contributed by atoms with E-state index in [-0.39, 0.29) is 5.41 Å². The van der Waals surface area contributed by atoms with E-state index in [9.17, 15) is 0 Å². The Balaban J connectivity index is 2.17. The number of rotatable bonds is 6. The van der Waals surface area contributed by atoms with Crippen LogP contribution in [0.1, 0.15) is 11.3 Å². The molecule has 0 radical (unpaired) electrons. The third-order valence-corrected chi connectivity index (χ3v) is 4.33. The van der Waals surface area contributed by atoms with Crippen LogP contribution in [0.15, 0.2) is 36.5 Å². The molecule has 3 nitrogen and oxygen atoms in total. The number of nitrogens with zero attached hydrogens (tertiary/aromatic N) is 3. The second kappa shape index (κ2) is 6.40. The maximum Gasteiger partial charge on any atom is 0.0833 e. The van der Waals surface area contributed by atoms with Crippen molar-refractivity contribution in [3.63, 3.8) is 0 Å². The van der Waals surface area contributed by atoms with Crippen molar-refractivity contribution in [3.05, 3.63) is 47.8 Å². The van der Waals surface area contributed by atoms with E-state index in [1.165, 1.54) is 5.56 Å². The lowest BCUT2D eigenvalue weighted by atomic mass is 9.81. The molecular formula is C14H17Cl2N3. The van der Waals surface area contributed by atoms with Crippen LogP contribution in [0.2, 0.25) is 0 Å². The zero-order valence-electron chi connectivity index (χ0n) is 10.9. The van der Waals surface area contributed by atoms with Gasteiger partial charge in [0, 0.05) is 36.8 Å². The van der Waals surface area contributed by atoms with Gasteiger partial charge in [-0.2, -0.15) is 0 Å². The Morgan fingerprint density at radius 2 is 1.79 bits per heavy atom. The number of benzene rings is 1. The predicted molar refractivity (Wildman–Crippen MR) is 78.7 cm³/mol. The summed E-state index contributed by atoms with van der Waals surface area (Å²) in [5, 5.41) is 8.09. The Kier molecular flexibility index (Phi) is 4.83. The van der Waals surface area contributed by atoms with Crippen LogP contribution in [0.4, 0.5) is 0 Å². The van der Waals surface area contributed by atoms with Gasteiger partial charge in [-0.05, 0) is 12.0 Å². The molecule has 1 heterocycles. The maximum atomic E-state index is 6.19. The third-order valence-electron chi connectivity index (χ3n) is 3.20. The SMILES string of the molecule is Cn1cc(CC(CCl)(CCl)Cc2ccccc2)nn1. The summed E-state index contributed by atoms with van der Waals surface area (Å²) in [6, 6.07) is 10.3. The van der Waals surface area contributed by atoms with Gasteiger partial charge in [0.05, 0.1) is 5.69 Å². The number of aryl methyl sites for hydroxylation is 1. The molecule has 0 saturated heterocycles. The lowest BCUT2D eigenvalue weighted by molar-refractivity contribution is 0.369. The predicted octanol–water partition coefficient (Wildman–Crippen LogP) is 3.06. The average molecular weight is 298 g/mol. The number of aromatic nitrogens is 3. The Hall–Kier alpha value is -1.06. The first-order valence-electron chi connectivity index (χ1n) is 6.18. The van der Waals surface area contributed by atoms with Crippen molar-refractivity contribution in [2.45, 2.75) is 12.8 Å². The summed E-state index contributed by atoms with van der Waals surface area (Å²) in [6.07, 6.45) is 3.50. The van der Waals surface area contributed by atoms with Crippen molar-refractivity contribution in [2.75, 3.05) is 11.8 Å². The van der Waals surface area contributed by atoms with E-state index in [0.29, 0.717) is 11.8 Å². The zero-order chi connectivity index (χ0) is 13.7. The molecule has 0 unspecified atom stereocenters. The molecule has 1 aromatic heterocycles. The van der Waals surface area contributed by atoms with Gasteiger partial charge in [-0.15, -0.1) is 28.3 Å². The normalized spacial score (nSPS) is 11.7. The maximum absolute atomic E-state index is 6.19. The highest BCUT2D eigenvalue weighted by Gasteiger charge is 2.30. The van der Waals surface area contributed by atoms with Gasteiger partial charge >= 0.3 is 0 Å². The molecule has 19 heavy (non-hydrogen) atoms. The summed E-state index contributed by atoms with van der Waals surface area (Å²) in [5.74, 6) is 1.00.